The van der Waals surface area contributed by atoms with Gasteiger partial charge in [-0.25, -0.2) is 0 Å². The van der Waals surface area contributed by atoms with Crippen molar-refractivity contribution in [3.63, 3.8) is 0 Å². The predicted molar refractivity (Wildman–Crippen MR) is 69.8 cm³/mol. The lowest BCUT2D eigenvalue weighted by Crippen LogP contribution is -2.42. The first kappa shape index (κ1) is 17.3. The summed E-state index contributed by atoms with van der Waals surface area (Å²) in [6.07, 6.45) is -4.60. The summed E-state index contributed by atoms with van der Waals surface area (Å²) in [4.78, 5) is 22.9. The molecule has 21 heavy (non-hydrogen) atoms. The first-order valence-corrected chi connectivity index (χ1v) is 6.12. The highest BCUT2D eigenvalue weighted by atomic mass is 35.5. The summed E-state index contributed by atoms with van der Waals surface area (Å²) in [5.74, 6) is -2.28. The average Bonchev–Trinajstić information content (AvgIpc) is 2.39. The van der Waals surface area contributed by atoms with Gasteiger partial charge >= 0.3 is 18.0 Å². The molecule has 0 aliphatic rings. The fourth-order valence-corrected chi connectivity index (χ4v) is 1.48. The number of hydrogen-bond acceptors (Lipinski definition) is 3. The minimum absolute atomic E-state index is 0.139. The van der Waals surface area contributed by atoms with Crippen molar-refractivity contribution in [2.24, 2.45) is 0 Å². The average molecular weight is 325 g/mol. The van der Waals surface area contributed by atoms with Crippen LogP contribution in [0.5, 0.6) is 0 Å². The molecule has 0 radical (unpaired) electrons. The third kappa shape index (κ3) is 4.91. The minimum Gasteiger partial charge on any atom is -0.394 e. The Morgan fingerprint density at radius 1 is 1.33 bits per heavy atom. The molecule has 1 atom stereocenters. The first-order valence-electron chi connectivity index (χ1n) is 5.74. The van der Waals surface area contributed by atoms with E-state index in [9.17, 15) is 22.8 Å². The van der Waals surface area contributed by atoms with E-state index in [0.717, 1.165) is 12.1 Å². The lowest BCUT2D eigenvalue weighted by Gasteiger charge is -2.13. The zero-order valence-electron chi connectivity index (χ0n) is 10.8. The van der Waals surface area contributed by atoms with E-state index in [0.29, 0.717) is 6.07 Å². The number of rotatable bonds is 3. The maximum atomic E-state index is 12.6. The van der Waals surface area contributed by atoms with Gasteiger partial charge in [0.25, 0.3) is 0 Å². The Balaban J connectivity index is 2.87. The Hall–Kier alpha value is -1.80. The molecule has 0 aliphatic heterocycles. The van der Waals surface area contributed by atoms with Gasteiger partial charge in [0.05, 0.1) is 22.9 Å². The number of aliphatic hydroxyl groups excluding tert-OH is 1. The van der Waals surface area contributed by atoms with Crippen LogP contribution >= 0.6 is 11.6 Å². The van der Waals surface area contributed by atoms with Crippen LogP contribution in [0.4, 0.5) is 18.9 Å². The highest BCUT2D eigenvalue weighted by Gasteiger charge is 2.31. The van der Waals surface area contributed by atoms with Crippen molar-refractivity contribution in [1.29, 1.82) is 0 Å². The summed E-state index contributed by atoms with van der Waals surface area (Å²) in [7, 11) is 0. The van der Waals surface area contributed by atoms with E-state index in [4.69, 9.17) is 16.7 Å². The van der Waals surface area contributed by atoms with Crippen molar-refractivity contribution >= 4 is 29.1 Å². The number of halogens is 4. The molecule has 0 fully saturated rings. The second-order valence-electron chi connectivity index (χ2n) is 4.20. The van der Waals surface area contributed by atoms with E-state index in [1.54, 1.807) is 0 Å². The number of nitrogens with one attached hydrogen (secondary N) is 2. The first-order chi connectivity index (χ1) is 9.65. The van der Waals surface area contributed by atoms with Gasteiger partial charge < -0.3 is 15.7 Å². The Kier molecular flexibility index (Phi) is 5.56. The summed E-state index contributed by atoms with van der Waals surface area (Å²) in [6, 6.07) is 1.68. The quantitative estimate of drug-likeness (QED) is 0.742. The molecule has 0 saturated heterocycles. The van der Waals surface area contributed by atoms with Gasteiger partial charge in [0.2, 0.25) is 0 Å². The Morgan fingerprint density at radius 3 is 2.48 bits per heavy atom. The normalized spacial score (nSPS) is 12.7. The van der Waals surface area contributed by atoms with Crippen LogP contribution in [0.3, 0.4) is 0 Å². The number of amides is 2. The summed E-state index contributed by atoms with van der Waals surface area (Å²) >= 11 is 5.67. The summed E-state index contributed by atoms with van der Waals surface area (Å²) in [5.41, 5.74) is -1.34. The molecule has 9 heteroatoms. The third-order valence-corrected chi connectivity index (χ3v) is 2.73. The van der Waals surface area contributed by atoms with Crippen LogP contribution in [0.25, 0.3) is 0 Å². The van der Waals surface area contributed by atoms with E-state index < -0.39 is 29.6 Å². The molecule has 0 aromatic heterocycles. The van der Waals surface area contributed by atoms with Crippen molar-refractivity contribution in [3.8, 4) is 0 Å². The van der Waals surface area contributed by atoms with Crippen LogP contribution in [-0.4, -0.2) is 29.6 Å². The maximum absolute atomic E-state index is 12.6. The van der Waals surface area contributed by atoms with E-state index in [1.807, 2.05) is 5.32 Å². The molecular formula is C12H12ClF3N2O3. The number of carbonyl (C=O) groups excluding carboxylic acids is 2. The summed E-state index contributed by atoms with van der Waals surface area (Å²) < 4.78 is 37.7. The zero-order chi connectivity index (χ0) is 16.2. The minimum atomic E-state index is -4.60. The second-order valence-corrected chi connectivity index (χ2v) is 4.61. The number of alkyl halides is 3. The highest BCUT2D eigenvalue weighted by molar-refractivity contribution is 6.41. The van der Waals surface area contributed by atoms with Gasteiger partial charge in [-0.15, -0.1) is 0 Å². The van der Waals surface area contributed by atoms with Crippen molar-refractivity contribution in [2.75, 3.05) is 11.9 Å². The number of hydrogen-bond donors (Lipinski definition) is 3. The van der Waals surface area contributed by atoms with Crippen LogP contribution in [0, 0.1) is 0 Å². The molecule has 2 amide bonds. The molecule has 0 bridgehead atoms. The van der Waals surface area contributed by atoms with Crippen molar-refractivity contribution < 1.29 is 27.9 Å². The molecule has 3 N–H and O–H groups in total. The maximum Gasteiger partial charge on any atom is 0.416 e. The molecular weight excluding hydrogens is 313 g/mol. The lowest BCUT2D eigenvalue weighted by molar-refractivity contribution is -0.137. The molecule has 0 aliphatic carbocycles. The third-order valence-electron chi connectivity index (χ3n) is 2.40. The number of carbonyl (C=O) groups is 2. The van der Waals surface area contributed by atoms with Crippen molar-refractivity contribution in [1.82, 2.24) is 5.32 Å². The molecule has 1 aromatic carbocycles. The molecule has 0 unspecified atom stereocenters. The monoisotopic (exact) mass is 324 g/mol. The van der Waals surface area contributed by atoms with Gasteiger partial charge in [-0.1, -0.05) is 11.6 Å². The molecule has 1 rings (SSSR count). The molecule has 5 nitrogen and oxygen atoms in total. The Bertz CT molecular complexity index is 549. The van der Waals surface area contributed by atoms with Crippen LogP contribution in [0.2, 0.25) is 5.02 Å². The standard InChI is InChI=1S/C12H12ClF3N2O3/c1-6(5-19)17-10(20)11(21)18-9-4-7(12(14,15)16)2-3-8(9)13/h2-4,6,19H,5H2,1H3,(H,17,20)(H,18,21)/t6-/m1/s1. The largest absolute Gasteiger partial charge is 0.416 e. The van der Waals surface area contributed by atoms with E-state index in [-0.39, 0.29) is 17.3 Å². The Labute approximate surface area is 123 Å². The van der Waals surface area contributed by atoms with Gasteiger partial charge in [-0.2, -0.15) is 13.2 Å². The Morgan fingerprint density at radius 2 is 1.95 bits per heavy atom. The van der Waals surface area contributed by atoms with Crippen LogP contribution < -0.4 is 10.6 Å². The molecule has 1 aromatic rings. The molecule has 0 spiro atoms. The van der Waals surface area contributed by atoms with Gasteiger partial charge in [0, 0.05) is 6.04 Å². The number of aliphatic hydroxyl groups is 1. The van der Waals surface area contributed by atoms with Gasteiger partial charge in [-0.05, 0) is 25.1 Å². The van der Waals surface area contributed by atoms with Gasteiger partial charge in [-0.3, -0.25) is 9.59 Å². The molecule has 116 valence electrons. The van der Waals surface area contributed by atoms with Crippen molar-refractivity contribution in [2.45, 2.75) is 19.1 Å². The SMILES string of the molecule is C[C@H](CO)NC(=O)C(=O)Nc1cc(C(F)(F)F)ccc1Cl. The van der Waals surface area contributed by atoms with E-state index in [1.165, 1.54) is 6.92 Å². The number of anilines is 1. The fourth-order valence-electron chi connectivity index (χ4n) is 1.31. The summed E-state index contributed by atoms with van der Waals surface area (Å²) in [5, 5.41) is 12.7. The molecule has 0 saturated carbocycles. The predicted octanol–water partition coefficient (Wildman–Crippen LogP) is 1.79. The van der Waals surface area contributed by atoms with E-state index in [2.05, 4.69) is 5.32 Å². The lowest BCUT2D eigenvalue weighted by atomic mass is 10.2. The van der Waals surface area contributed by atoms with Gasteiger partial charge in [0.1, 0.15) is 0 Å². The van der Waals surface area contributed by atoms with E-state index >= 15 is 0 Å². The highest BCUT2D eigenvalue weighted by Crippen LogP contribution is 2.33. The van der Waals surface area contributed by atoms with Crippen LogP contribution in [-0.2, 0) is 15.8 Å². The van der Waals surface area contributed by atoms with Crippen LogP contribution in [0.1, 0.15) is 12.5 Å². The summed E-state index contributed by atoms with van der Waals surface area (Å²) in [6.45, 7) is 1.06. The fraction of sp³-hybridized carbons (Fsp3) is 0.333. The molecule has 0 heterocycles. The number of benzene rings is 1. The van der Waals surface area contributed by atoms with Crippen molar-refractivity contribution in [3.05, 3.63) is 28.8 Å². The smallest absolute Gasteiger partial charge is 0.394 e. The van der Waals surface area contributed by atoms with Crippen LogP contribution in [0.15, 0.2) is 18.2 Å². The van der Waals surface area contributed by atoms with Gasteiger partial charge in [0.15, 0.2) is 0 Å². The second kappa shape index (κ2) is 6.77. The topological polar surface area (TPSA) is 78.4 Å². The zero-order valence-corrected chi connectivity index (χ0v) is 11.5.